The quantitative estimate of drug-likeness (QED) is 0.102. The van der Waals surface area contributed by atoms with E-state index in [1.54, 1.807) is 18.2 Å². The minimum Gasteiger partial charge on any atom is -0.491 e. The number of methoxy groups -OCH3 is 1. The molecule has 3 saturated carbocycles. The van der Waals surface area contributed by atoms with Gasteiger partial charge in [-0.3, -0.25) is 14.5 Å². The first-order valence-electron chi connectivity index (χ1n) is 22.5. The summed E-state index contributed by atoms with van der Waals surface area (Å²) in [6.45, 7) is 18.4. The number of esters is 1. The maximum atomic E-state index is 14.9. The fraction of sp³-hybridized carbons (Fsp3) is 0.609. The molecule has 2 aliphatic heterocycles. The average molecular weight is 922 g/mol. The van der Waals surface area contributed by atoms with E-state index >= 15 is 0 Å². The molecule has 8 rings (SSSR count). The average Bonchev–Trinajstić information content (AvgIpc) is 3.92. The molecule has 1 aromatic carbocycles. The van der Waals surface area contributed by atoms with E-state index < -0.39 is 53.0 Å². The number of anilines is 1. The number of carbonyl (C=O) groups is 4. The fourth-order valence-corrected chi connectivity index (χ4v) is 10.5. The van der Waals surface area contributed by atoms with Gasteiger partial charge in [-0.1, -0.05) is 38.4 Å². The lowest BCUT2D eigenvalue weighted by Crippen LogP contribution is -2.59. The molecule has 2 unspecified atom stereocenters. The summed E-state index contributed by atoms with van der Waals surface area (Å²) in [6, 6.07) is 3.48. The Labute approximate surface area is 383 Å². The number of thiazole rings is 1. The molecule has 3 aliphatic carbocycles. The summed E-state index contributed by atoms with van der Waals surface area (Å²) in [5.74, 6) is 0.147. The number of likely N-dealkylation sites (tertiary alicyclic amines) is 1. The van der Waals surface area contributed by atoms with Crippen LogP contribution in [0.5, 0.6) is 11.5 Å². The first kappa shape index (κ1) is 45.8. The SMILES string of the molecule is C=C[C@@H]1CC1(NC(=O)[C@@H]1C[C@@H](Oc2cc(-c3csc(NC(C)C)n3)nc3c(Cl)c(OCCN4CCNCC4)ccc23)CN1C(=O)[C@@H](NC(=O)OC1C[C@@H]2C[C@@H]2C1)C(C)(C)C)C(=O)OC. The van der Waals surface area contributed by atoms with Crippen molar-refractivity contribution < 1.29 is 38.1 Å². The van der Waals surface area contributed by atoms with Gasteiger partial charge in [-0.15, -0.1) is 17.9 Å². The molecule has 16 nitrogen and oxygen atoms in total. The molecule has 5 fully saturated rings. The zero-order valence-electron chi connectivity index (χ0n) is 37.5. The van der Waals surface area contributed by atoms with Crippen LogP contribution < -0.4 is 30.7 Å². The van der Waals surface area contributed by atoms with Gasteiger partial charge >= 0.3 is 12.1 Å². The number of carbonyl (C=O) groups excluding carboxylic acids is 4. The lowest BCUT2D eigenvalue weighted by Gasteiger charge is -2.35. The summed E-state index contributed by atoms with van der Waals surface area (Å²) in [7, 11) is 1.27. The maximum Gasteiger partial charge on any atom is 0.408 e. The summed E-state index contributed by atoms with van der Waals surface area (Å²) in [5.41, 5.74) is -0.519. The highest BCUT2D eigenvalue weighted by molar-refractivity contribution is 7.14. The van der Waals surface area contributed by atoms with Gasteiger partial charge in [-0.25, -0.2) is 19.6 Å². The number of pyridine rings is 1. The third-order valence-corrected chi connectivity index (χ3v) is 14.2. The van der Waals surface area contributed by atoms with E-state index in [4.69, 9.17) is 40.5 Å². The standard InChI is InChI=1S/C46H61ClN8O8S/c1-8-28-22-46(28,42(58)60-7)53-40(56)34-20-30(23-55(34)41(57)39(45(4,5)6)52-44(59)63-29-18-26-17-27(26)19-29)62-36-21-32(33-24-64-43(51-33)49-25(2)3)50-38-31(36)9-10-35(37(38)47)61-16-15-54-13-11-48-12-14-54/h8-10,21,24-30,34,39,48H,1,11-20,22-23H2,2-7H3,(H,49,51)(H,52,59)(H,53,56)/t26-,27+,28-,29?,30-,34+,39-,46?/m1/s1. The van der Waals surface area contributed by atoms with E-state index in [1.807, 2.05) is 46.1 Å². The Morgan fingerprint density at radius 3 is 2.47 bits per heavy atom. The van der Waals surface area contributed by atoms with Crippen molar-refractivity contribution in [2.75, 3.05) is 58.3 Å². The predicted octanol–water partition coefficient (Wildman–Crippen LogP) is 5.64. The Kier molecular flexibility index (Phi) is 13.4. The van der Waals surface area contributed by atoms with Gasteiger partial charge in [0.25, 0.3) is 0 Å². The van der Waals surface area contributed by atoms with Crippen LogP contribution in [0.25, 0.3) is 22.3 Å². The van der Waals surface area contributed by atoms with Crippen LogP contribution in [0.3, 0.4) is 0 Å². The topological polar surface area (TPSA) is 186 Å². The highest BCUT2D eigenvalue weighted by Crippen LogP contribution is 2.52. The van der Waals surface area contributed by atoms with Gasteiger partial charge in [-0.05, 0) is 68.9 Å². The number of hydrogen-bond donors (Lipinski definition) is 4. The third-order valence-electron chi connectivity index (χ3n) is 13.1. The molecule has 0 bridgehead atoms. The third kappa shape index (κ3) is 9.92. The van der Waals surface area contributed by atoms with Crippen LogP contribution in [0.4, 0.5) is 9.93 Å². The van der Waals surface area contributed by atoms with E-state index in [-0.39, 0.29) is 31.0 Å². The van der Waals surface area contributed by atoms with Crippen molar-refractivity contribution in [1.82, 2.24) is 35.7 Å². The second-order valence-electron chi connectivity index (χ2n) is 19.2. The molecule has 5 aliphatic rings. The van der Waals surface area contributed by atoms with E-state index in [2.05, 4.69) is 32.7 Å². The predicted molar refractivity (Wildman–Crippen MR) is 245 cm³/mol. The fourth-order valence-electron chi connectivity index (χ4n) is 9.39. The number of piperazine rings is 1. The van der Waals surface area contributed by atoms with Gasteiger partial charge in [0.15, 0.2) is 5.13 Å². The van der Waals surface area contributed by atoms with Crippen molar-refractivity contribution in [3.8, 4) is 22.9 Å². The van der Waals surface area contributed by atoms with Gasteiger partial charge in [0, 0.05) is 67.9 Å². The number of halogens is 1. The lowest BCUT2D eigenvalue weighted by molar-refractivity contribution is -0.148. The van der Waals surface area contributed by atoms with Crippen molar-refractivity contribution >= 4 is 62.8 Å². The molecule has 8 atom stereocenters. The molecule has 64 heavy (non-hydrogen) atoms. The van der Waals surface area contributed by atoms with Crippen LogP contribution in [0.15, 0.2) is 36.2 Å². The summed E-state index contributed by atoms with van der Waals surface area (Å²) in [5, 5.41) is 16.1. The number of nitrogens with one attached hydrogen (secondary N) is 4. The van der Waals surface area contributed by atoms with Crippen LogP contribution >= 0.6 is 22.9 Å². The second-order valence-corrected chi connectivity index (χ2v) is 20.5. The molecule has 2 saturated heterocycles. The molecule has 3 aromatic rings. The van der Waals surface area contributed by atoms with Gasteiger partial charge in [0.2, 0.25) is 11.8 Å². The number of aromatic nitrogens is 2. The minimum atomic E-state index is -1.30. The minimum absolute atomic E-state index is 0.0123. The van der Waals surface area contributed by atoms with Crippen molar-refractivity contribution in [3.05, 3.63) is 41.3 Å². The molecule has 346 valence electrons. The van der Waals surface area contributed by atoms with Gasteiger partial charge < -0.3 is 45.1 Å². The number of amides is 3. The Balaban J connectivity index is 1.10. The first-order chi connectivity index (χ1) is 30.6. The van der Waals surface area contributed by atoms with Crippen molar-refractivity contribution in [2.24, 2.45) is 23.2 Å². The largest absolute Gasteiger partial charge is 0.491 e. The Hall–Kier alpha value is -4.71. The van der Waals surface area contributed by atoms with Crippen molar-refractivity contribution in [1.29, 1.82) is 0 Å². The smallest absolute Gasteiger partial charge is 0.408 e. The van der Waals surface area contributed by atoms with E-state index in [0.29, 0.717) is 63.7 Å². The summed E-state index contributed by atoms with van der Waals surface area (Å²) < 4.78 is 24.0. The molecular formula is C46H61ClN8O8S. The van der Waals surface area contributed by atoms with E-state index in [0.717, 1.165) is 50.7 Å². The highest BCUT2D eigenvalue weighted by Gasteiger charge is 2.62. The van der Waals surface area contributed by atoms with E-state index in [1.165, 1.54) is 29.8 Å². The van der Waals surface area contributed by atoms with Crippen molar-refractivity contribution in [3.63, 3.8) is 0 Å². The number of alkyl carbamates (subject to hydrolysis) is 1. The molecule has 4 N–H and O–H groups in total. The van der Waals surface area contributed by atoms with Gasteiger partial charge in [0.05, 0.1) is 24.9 Å². The van der Waals surface area contributed by atoms with Crippen LogP contribution in [-0.2, 0) is 23.9 Å². The van der Waals surface area contributed by atoms with Gasteiger partial charge in [-0.2, -0.15) is 0 Å². The van der Waals surface area contributed by atoms with Crippen LogP contribution in [-0.4, -0.2) is 133 Å². The molecular weight excluding hydrogens is 860 g/mol. The molecule has 0 spiro atoms. The lowest BCUT2D eigenvalue weighted by atomic mass is 9.85. The van der Waals surface area contributed by atoms with Crippen LogP contribution in [0.1, 0.15) is 66.7 Å². The Morgan fingerprint density at radius 1 is 1.05 bits per heavy atom. The maximum absolute atomic E-state index is 14.9. The molecule has 3 amide bonds. The normalized spacial score (nSPS) is 26.8. The van der Waals surface area contributed by atoms with Crippen LogP contribution in [0, 0.1) is 23.2 Å². The molecule has 2 aromatic heterocycles. The second kappa shape index (κ2) is 18.6. The summed E-state index contributed by atoms with van der Waals surface area (Å²) in [4.78, 5) is 69.4. The van der Waals surface area contributed by atoms with E-state index in [9.17, 15) is 19.2 Å². The first-order valence-corrected chi connectivity index (χ1v) is 23.7. The highest BCUT2D eigenvalue weighted by atomic mass is 35.5. The zero-order chi connectivity index (χ0) is 45.5. The zero-order valence-corrected chi connectivity index (χ0v) is 39.1. The number of ether oxygens (including phenoxy) is 4. The number of rotatable bonds is 16. The van der Waals surface area contributed by atoms with Crippen molar-refractivity contribution in [2.45, 2.75) is 103 Å². The molecule has 0 radical (unpaired) electrons. The number of nitrogens with zero attached hydrogens (tertiary/aromatic N) is 4. The van der Waals surface area contributed by atoms with Gasteiger partial charge in [0.1, 0.15) is 58.7 Å². The monoisotopic (exact) mass is 920 g/mol. The Morgan fingerprint density at radius 2 is 1.80 bits per heavy atom. The summed E-state index contributed by atoms with van der Waals surface area (Å²) >= 11 is 8.59. The molecule has 4 heterocycles. The number of benzene rings is 1. The number of fused-ring (bicyclic) bond motifs is 2. The number of hydrogen-bond acceptors (Lipinski definition) is 14. The molecule has 18 heteroatoms. The van der Waals surface area contributed by atoms with Crippen LogP contribution in [0.2, 0.25) is 5.02 Å². The Bertz CT molecular complexity index is 2250. The summed E-state index contributed by atoms with van der Waals surface area (Å²) in [6.07, 6.45) is 3.25.